The van der Waals surface area contributed by atoms with Crippen LogP contribution in [0.1, 0.15) is 23.7 Å². The Kier molecular flexibility index (Phi) is 4.65. The number of anilines is 1. The molecule has 0 saturated carbocycles. The van der Waals surface area contributed by atoms with Crippen LogP contribution in [0.2, 0.25) is 0 Å². The molecule has 0 unspecified atom stereocenters. The molecule has 0 spiro atoms. The molecule has 0 bridgehead atoms. The van der Waals surface area contributed by atoms with Crippen molar-refractivity contribution in [3.8, 4) is 17.3 Å². The minimum absolute atomic E-state index is 0.303. The van der Waals surface area contributed by atoms with Crippen LogP contribution in [0.15, 0.2) is 30.3 Å². The number of aldehydes is 1. The summed E-state index contributed by atoms with van der Waals surface area (Å²) in [6.07, 6.45) is 1.82. The summed E-state index contributed by atoms with van der Waals surface area (Å²) < 4.78 is 5.12. The molecule has 5 nitrogen and oxygen atoms in total. The molecule has 0 radical (unpaired) electrons. The lowest BCUT2D eigenvalue weighted by Crippen LogP contribution is -2.04. The molecule has 1 aromatic carbocycles. The maximum Gasteiger partial charge on any atom is 0.318 e. The Labute approximate surface area is 118 Å². The Hall–Kier alpha value is -2.43. The summed E-state index contributed by atoms with van der Waals surface area (Å²) in [5, 5.41) is 3.21. The highest BCUT2D eigenvalue weighted by molar-refractivity contribution is 5.78. The van der Waals surface area contributed by atoms with Crippen LogP contribution in [-0.4, -0.2) is 29.9 Å². The summed E-state index contributed by atoms with van der Waals surface area (Å²) in [4.78, 5) is 19.4. The van der Waals surface area contributed by atoms with E-state index in [9.17, 15) is 4.79 Å². The van der Waals surface area contributed by atoms with Gasteiger partial charge in [-0.1, -0.05) is 25.1 Å². The minimum Gasteiger partial charge on any atom is -0.467 e. The third kappa shape index (κ3) is 3.32. The minimum atomic E-state index is 0.303. The molecule has 0 aliphatic rings. The van der Waals surface area contributed by atoms with Gasteiger partial charge in [0.05, 0.1) is 12.8 Å². The van der Waals surface area contributed by atoms with Gasteiger partial charge in [0.15, 0.2) is 0 Å². The van der Waals surface area contributed by atoms with E-state index in [1.54, 1.807) is 12.1 Å². The maximum absolute atomic E-state index is 10.9. The largest absolute Gasteiger partial charge is 0.467 e. The van der Waals surface area contributed by atoms with Gasteiger partial charge in [-0.05, 0) is 12.5 Å². The van der Waals surface area contributed by atoms with Crippen molar-refractivity contribution in [1.82, 2.24) is 9.97 Å². The molecule has 0 amide bonds. The van der Waals surface area contributed by atoms with Crippen LogP contribution in [0.3, 0.4) is 0 Å². The van der Waals surface area contributed by atoms with Crippen LogP contribution in [0.25, 0.3) is 11.3 Å². The molecule has 1 N–H and O–H groups in total. The predicted molar refractivity (Wildman–Crippen MR) is 78.2 cm³/mol. The standard InChI is InChI=1S/C15H17N3O2/c1-3-7-16-14-9-13(17-15(18-14)20-2)12-6-4-5-11(8-12)10-19/h4-6,8-10H,3,7H2,1-2H3,(H,16,17,18). The number of methoxy groups -OCH3 is 1. The van der Waals surface area contributed by atoms with E-state index in [4.69, 9.17) is 4.74 Å². The second kappa shape index (κ2) is 6.65. The SMILES string of the molecule is CCCNc1cc(-c2cccc(C=O)c2)nc(OC)n1. The highest BCUT2D eigenvalue weighted by atomic mass is 16.5. The molecule has 0 atom stereocenters. The number of hydrogen-bond acceptors (Lipinski definition) is 5. The number of rotatable bonds is 6. The molecule has 0 aliphatic heterocycles. The van der Waals surface area contributed by atoms with E-state index in [0.717, 1.165) is 30.5 Å². The second-order valence-electron chi connectivity index (χ2n) is 4.30. The third-order valence-corrected chi connectivity index (χ3v) is 2.76. The van der Waals surface area contributed by atoms with Gasteiger partial charge in [0, 0.05) is 23.7 Å². The van der Waals surface area contributed by atoms with Crippen LogP contribution < -0.4 is 10.1 Å². The Balaban J connectivity index is 2.40. The summed E-state index contributed by atoms with van der Waals surface area (Å²) in [6, 6.07) is 9.43. The molecule has 0 saturated heterocycles. The van der Waals surface area contributed by atoms with E-state index in [0.29, 0.717) is 17.4 Å². The van der Waals surface area contributed by atoms with Crippen molar-refractivity contribution < 1.29 is 9.53 Å². The van der Waals surface area contributed by atoms with Gasteiger partial charge in [0.25, 0.3) is 0 Å². The van der Waals surface area contributed by atoms with Crippen molar-refractivity contribution in [1.29, 1.82) is 0 Å². The van der Waals surface area contributed by atoms with Gasteiger partial charge in [-0.2, -0.15) is 9.97 Å². The molecular weight excluding hydrogens is 254 g/mol. The Morgan fingerprint density at radius 2 is 2.15 bits per heavy atom. The quantitative estimate of drug-likeness (QED) is 0.818. The number of carbonyl (C=O) groups excluding carboxylic acids is 1. The molecule has 0 fully saturated rings. The lowest BCUT2D eigenvalue weighted by atomic mass is 10.1. The van der Waals surface area contributed by atoms with Crippen LogP contribution in [0.5, 0.6) is 6.01 Å². The van der Waals surface area contributed by atoms with E-state index in [1.807, 2.05) is 18.2 Å². The first-order chi connectivity index (χ1) is 9.76. The van der Waals surface area contributed by atoms with Gasteiger partial charge >= 0.3 is 6.01 Å². The van der Waals surface area contributed by atoms with Crippen molar-refractivity contribution in [3.63, 3.8) is 0 Å². The fraction of sp³-hybridized carbons (Fsp3) is 0.267. The van der Waals surface area contributed by atoms with Gasteiger partial charge in [-0.15, -0.1) is 0 Å². The first kappa shape index (κ1) is 14.0. The summed E-state index contributed by atoms with van der Waals surface area (Å²) in [6.45, 7) is 2.91. The predicted octanol–water partition coefficient (Wildman–Crippen LogP) is 2.79. The Morgan fingerprint density at radius 1 is 1.30 bits per heavy atom. The van der Waals surface area contributed by atoms with Gasteiger partial charge in [-0.3, -0.25) is 4.79 Å². The zero-order valence-electron chi connectivity index (χ0n) is 11.6. The molecule has 1 heterocycles. The molecule has 5 heteroatoms. The van der Waals surface area contributed by atoms with E-state index < -0.39 is 0 Å². The highest BCUT2D eigenvalue weighted by Crippen LogP contribution is 2.22. The normalized spacial score (nSPS) is 10.1. The van der Waals surface area contributed by atoms with Crippen molar-refractivity contribution in [2.75, 3.05) is 19.0 Å². The maximum atomic E-state index is 10.9. The van der Waals surface area contributed by atoms with Crippen molar-refractivity contribution in [2.45, 2.75) is 13.3 Å². The van der Waals surface area contributed by atoms with Gasteiger partial charge in [0.2, 0.25) is 0 Å². The number of nitrogens with one attached hydrogen (secondary N) is 1. The number of carbonyl (C=O) groups is 1. The van der Waals surface area contributed by atoms with E-state index >= 15 is 0 Å². The molecule has 2 rings (SSSR count). The number of benzene rings is 1. The van der Waals surface area contributed by atoms with Gasteiger partial charge in [-0.25, -0.2) is 0 Å². The lowest BCUT2D eigenvalue weighted by molar-refractivity contribution is 0.112. The molecule has 20 heavy (non-hydrogen) atoms. The molecule has 104 valence electrons. The van der Waals surface area contributed by atoms with Gasteiger partial charge in [0.1, 0.15) is 12.1 Å². The summed E-state index contributed by atoms with van der Waals surface area (Å²) in [7, 11) is 1.53. The van der Waals surface area contributed by atoms with E-state index in [2.05, 4.69) is 22.2 Å². The number of aromatic nitrogens is 2. The fourth-order valence-electron chi connectivity index (χ4n) is 1.78. The number of ether oxygens (including phenoxy) is 1. The zero-order chi connectivity index (χ0) is 14.4. The molecule has 1 aromatic heterocycles. The first-order valence-electron chi connectivity index (χ1n) is 6.49. The summed E-state index contributed by atoms with van der Waals surface area (Å²) in [5.74, 6) is 0.713. The van der Waals surface area contributed by atoms with Crippen LogP contribution in [0, 0.1) is 0 Å². The van der Waals surface area contributed by atoms with Crippen molar-refractivity contribution in [3.05, 3.63) is 35.9 Å². The van der Waals surface area contributed by atoms with Crippen molar-refractivity contribution >= 4 is 12.1 Å². The zero-order valence-corrected chi connectivity index (χ0v) is 11.6. The second-order valence-corrected chi connectivity index (χ2v) is 4.30. The number of hydrogen-bond donors (Lipinski definition) is 1. The van der Waals surface area contributed by atoms with Crippen LogP contribution in [-0.2, 0) is 0 Å². The van der Waals surface area contributed by atoms with E-state index in [1.165, 1.54) is 7.11 Å². The summed E-state index contributed by atoms with van der Waals surface area (Å²) in [5.41, 5.74) is 2.19. The molecule has 2 aromatic rings. The first-order valence-corrected chi connectivity index (χ1v) is 6.49. The average Bonchev–Trinajstić information content (AvgIpc) is 2.52. The highest BCUT2D eigenvalue weighted by Gasteiger charge is 2.07. The fourth-order valence-corrected chi connectivity index (χ4v) is 1.78. The van der Waals surface area contributed by atoms with Crippen LogP contribution >= 0.6 is 0 Å². The Morgan fingerprint density at radius 3 is 2.85 bits per heavy atom. The molecular formula is C15H17N3O2. The van der Waals surface area contributed by atoms with Crippen molar-refractivity contribution in [2.24, 2.45) is 0 Å². The van der Waals surface area contributed by atoms with Crippen LogP contribution in [0.4, 0.5) is 5.82 Å². The molecule has 0 aliphatic carbocycles. The topological polar surface area (TPSA) is 64.1 Å². The van der Waals surface area contributed by atoms with E-state index in [-0.39, 0.29) is 0 Å². The average molecular weight is 271 g/mol. The van der Waals surface area contributed by atoms with Gasteiger partial charge < -0.3 is 10.1 Å². The summed E-state index contributed by atoms with van der Waals surface area (Å²) >= 11 is 0. The third-order valence-electron chi connectivity index (χ3n) is 2.76. The number of nitrogens with zero attached hydrogens (tertiary/aromatic N) is 2. The monoisotopic (exact) mass is 271 g/mol. The lowest BCUT2D eigenvalue weighted by Gasteiger charge is -2.09. The smallest absolute Gasteiger partial charge is 0.318 e. The Bertz CT molecular complexity index is 599.